The molecule has 4 nitrogen and oxygen atoms in total. The summed E-state index contributed by atoms with van der Waals surface area (Å²) in [4.78, 5) is 0.277. The zero-order chi connectivity index (χ0) is 19.2. The topological polar surface area (TPSA) is 60.2 Å². The zero-order valence-electron chi connectivity index (χ0n) is 16.0. The fourth-order valence-corrected chi connectivity index (χ4v) is 3.71. The maximum absolute atomic E-state index is 12.4. The third kappa shape index (κ3) is 4.03. The Hall–Kier alpha value is -1.88. The van der Waals surface area contributed by atoms with E-state index in [1.807, 2.05) is 45.9 Å². The Balaban J connectivity index is 2.90. The second-order valence-corrected chi connectivity index (χ2v) is 9.95. The molecule has 0 saturated carbocycles. The molecule has 0 saturated heterocycles. The number of nitrogens with zero attached hydrogens (tertiary/aromatic N) is 1. The SMILES string of the molecule is Cc1ccc(C(C)C)cc2c(C=[N+]([O-])C(C)(C)C)cc(S(C)(=O)=O)c1-2. The van der Waals surface area contributed by atoms with Gasteiger partial charge in [-0.2, -0.15) is 0 Å². The first-order chi connectivity index (χ1) is 11.3. The molecule has 0 radical (unpaired) electrons. The second-order valence-electron chi connectivity index (χ2n) is 7.97. The molecule has 0 N–H and O–H groups in total. The molecule has 2 aliphatic rings. The van der Waals surface area contributed by atoms with Crippen LogP contribution in [0.5, 0.6) is 0 Å². The Bertz CT molecular complexity index is 903. The molecular weight excluding hydrogens is 334 g/mol. The smallest absolute Gasteiger partial charge is 0.182 e. The minimum absolute atomic E-state index is 0.277. The van der Waals surface area contributed by atoms with Gasteiger partial charge in [0.25, 0.3) is 0 Å². The fourth-order valence-electron chi connectivity index (χ4n) is 2.73. The molecule has 0 unspecified atom stereocenters. The number of aryl methyl sites for hydroxylation is 1. The molecule has 0 aromatic rings. The summed E-state index contributed by atoms with van der Waals surface area (Å²) in [6.07, 6.45) is 2.71. The largest absolute Gasteiger partial charge is 0.623 e. The molecule has 2 aliphatic carbocycles. The summed E-state index contributed by atoms with van der Waals surface area (Å²) < 4.78 is 25.5. The van der Waals surface area contributed by atoms with E-state index in [1.54, 1.807) is 6.07 Å². The minimum atomic E-state index is -3.41. The van der Waals surface area contributed by atoms with Crippen LogP contribution >= 0.6 is 0 Å². The Morgan fingerprint density at radius 1 is 1.16 bits per heavy atom. The van der Waals surface area contributed by atoms with Crippen LogP contribution in [-0.2, 0) is 9.84 Å². The van der Waals surface area contributed by atoms with Crippen molar-refractivity contribution in [3.63, 3.8) is 0 Å². The lowest BCUT2D eigenvalue weighted by molar-refractivity contribution is -0.530. The number of hydrogen-bond acceptors (Lipinski definition) is 3. The van der Waals surface area contributed by atoms with Crippen LogP contribution in [0.15, 0.2) is 29.2 Å². The van der Waals surface area contributed by atoms with Crippen LogP contribution in [0.4, 0.5) is 0 Å². The van der Waals surface area contributed by atoms with Gasteiger partial charge in [-0.25, -0.2) is 13.2 Å². The van der Waals surface area contributed by atoms with Gasteiger partial charge in [-0.3, -0.25) is 0 Å². The van der Waals surface area contributed by atoms with Crippen LogP contribution in [0.25, 0.3) is 11.1 Å². The molecule has 0 aromatic carbocycles. The predicted molar refractivity (Wildman–Crippen MR) is 104 cm³/mol. The molecule has 25 heavy (non-hydrogen) atoms. The van der Waals surface area contributed by atoms with E-state index in [4.69, 9.17) is 0 Å². The van der Waals surface area contributed by atoms with Crippen LogP contribution in [-0.4, -0.2) is 31.2 Å². The van der Waals surface area contributed by atoms with Gasteiger partial charge in [0.1, 0.15) is 0 Å². The molecule has 0 aliphatic heterocycles. The van der Waals surface area contributed by atoms with Crippen molar-refractivity contribution in [2.75, 3.05) is 6.26 Å². The van der Waals surface area contributed by atoms with Gasteiger partial charge in [-0.15, -0.1) is 0 Å². The summed E-state index contributed by atoms with van der Waals surface area (Å²) in [5.41, 5.74) is 3.53. The van der Waals surface area contributed by atoms with Gasteiger partial charge in [0, 0.05) is 38.2 Å². The monoisotopic (exact) mass is 361 g/mol. The van der Waals surface area contributed by atoms with Crippen LogP contribution in [0, 0.1) is 12.1 Å². The molecule has 0 atom stereocenters. The number of fused-ring (bicyclic) bond motifs is 1. The highest BCUT2D eigenvalue weighted by atomic mass is 32.2. The van der Waals surface area contributed by atoms with E-state index >= 15 is 0 Å². The van der Waals surface area contributed by atoms with Crippen molar-refractivity contribution >= 4 is 16.1 Å². The summed E-state index contributed by atoms with van der Waals surface area (Å²) in [5.74, 6) is 0.297. The first-order valence-corrected chi connectivity index (χ1v) is 10.3. The summed E-state index contributed by atoms with van der Waals surface area (Å²) in [6.45, 7) is 11.6. The van der Waals surface area contributed by atoms with Crippen LogP contribution in [0.3, 0.4) is 0 Å². The van der Waals surface area contributed by atoms with Gasteiger partial charge in [0.15, 0.2) is 21.6 Å². The third-order valence-corrected chi connectivity index (χ3v) is 5.45. The standard InChI is InChI=1S/C20H27NO3S/c1-13(2)15-9-8-14(3)19-17(10-15)16(11-18(19)25(7,23)24)12-21(22)20(4,5)6/h8-13H,1-7H3. The number of hydrogen-bond donors (Lipinski definition) is 0. The first kappa shape index (κ1) is 19.4. The maximum Gasteiger partial charge on any atom is 0.182 e. The van der Waals surface area contributed by atoms with E-state index < -0.39 is 15.4 Å². The van der Waals surface area contributed by atoms with Crippen LogP contribution < -0.4 is 0 Å². The van der Waals surface area contributed by atoms with Gasteiger partial charge in [0.05, 0.1) is 4.90 Å². The van der Waals surface area contributed by atoms with E-state index in [1.165, 1.54) is 12.5 Å². The lowest BCUT2D eigenvalue weighted by atomic mass is 10.0. The average Bonchev–Trinajstić information content (AvgIpc) is 2.70. The molecule has 0 aromatic heterocycles. The van der Waals surface area contributed by atoms with Crippen molar-refractivity contribution in [2.24, 2.45) is 0 Å². The predicted octanol–water partition coefficient (Wildman–Crippen LogP) is 4.35. The molecular formula is C20H27NO3S. The van der Waals surface area contributed by atoms with Crippen LogP contribution in [0.2, 0.25) is 0 Å². The van der Waals surface area contributed by atoms with Crippen molar-refractivity contribution in [1.82, 2.24) is 0 Å². The maximum atomic E-state index is 12.4. The van der Waals surface area contributed by atoms with Crippen molar-refractivity contribution in [2.45, 2.75) is 57.9 Å². The van der Waals surface area contributed by atoms with E-state index in [9.17, 15) is 13.6 Å². The molecule has 5 heteroatoms. The zero-order valence-corrected chi connectivity index (χ0v) is 16.9. The Morgan fingerprint density at radius 2 is 1.76 bits per heavy atom. The summed E-state index contributed by atoms with van der Waals surface area (Å²) in [6, 6.07) is 7.60. The molecule has 2 rings (SSSR count). The fraction of sp³-hybridized carbons (Fsp3) is 0.450. The van der Waals surface area contributed by atoms with Gasteiger partial charge in [0.2, 0.25) is 0 Å². The molecule has 0 amide bonds. The highest BCUT2D eigenvalue weighted by Crippen LogP contribution is 2.38. The second kappa shape index (κ2) is 6.45. The first-order valence-electron chi connectivity index (χ1n) is 8.41. The van der Waals surface area contributed by atoms with Gasteiger partial charge in [-0.05, 0) is 35.6 Å². The summed E-state index contributed by atoms with van der Waals surface area (Å²) in [5, 5.41) is 12.4. The highest BCUT2D eigenvalue weighted by molar-refractivity contribution is 7.90. The van der Waals surface area contributed by atoms with Gasteiger partial charge < -0.3 is 5.21 Å². The Labute approximate surface area is 151 Å². The van der Waals surface area contributed by atoms with E-state index in [0.29, 0.717) is 17.0 Å². The van der Waals surface area contributed by atoms with Gasteiger partial charge >= 0.3 is 0 Å². The van der Waals surface area contributed by atoms with Crippen molar-refractivity contribution < 1.29 is 13.2 Å². The Morgan fingerprint density at radius 3 is 2.24 bits per heavy atom. The number of hydroxylamine groups is 1. The van der Waals surface area contributed by atoms with Gasteiger partial charge in [-0.1, -0.05) is 32.0 Å². The number of sulfone groups is 1. The summed E-state index contributed by atoms with van der Waals surface area (Å²) >= 11 is 0. The lowest BCUT2D eigenvalue weighted by Crippen LogP contribution is -2.29. The average molecular weight is 362 g/mol. The molecule has 0 fully saturated rings. The quantitative estimate of drug-likeness (QED) is 0.353. The molecule has 0 bridgehead atoms. The molecule has 0 heterocycles. The third-order valence-electron chi connectivity index (χ3n) is 4.33. The number of rotatable bonds is 3. The van der Waals surface area contributed by atoms with Crippen molar-refractivity contribution in [1.29, 1.82) is 0 Å². The molecule has 0 spiro atoms. The van der Waals surface area contributed by atoms with Crippen molar-refractivity contribution in [3.8, 4) is 11.1 Å². The van der Waals surface area contributed by atoms with E-state index in [-0.39, 0.29) is 4.90 Å². The minimum Gasteiger partial charge on any atom is -0.623 e. The summed E-state index contributed by atoms with van der Waals surface area (Å²) in [7, 11) is -3.41. The lowest BCUT2D eigenvalue weighted by Gasteiger charge is -2.18. The van der Waals surface area contributed by atoms with E-state index in [0.717, 1.165) is 21.4 Å². The molecule has 136 valence electrons. The Kier molecular flexibility index (Phi) is 5.01. The van der Waals surface area contributed by atoms with E-state index in [2.05, 4.69) is 13.8 Å². The normalized spacial score (nSPS) is 13.7. The van der Waals surface area contributed by atoms with Crippen molar-refractivity contribution in [3.05, 3.63) is 46.2 Å². The van der Waals surface area contributed by atoms with Crippen LogP contribution in [0.1, 0.15) is 57.2 Å². The highest BCUT2D eigenvalue weighted by Gasteiger charge is 2.26.